The molecule has 1 aliphatic heterocycles. The monoisotopic (exact) mass is 402 g/mol. The lowest BCUT2D eigenvalue weighted by molar-refractivity contribution is -0.119. The van der Waals surface area contributed by atoms with Gasteiger partial charge in [-0.05, 0) is 37.1 Å². The van der Waals surface area contributed by atoms with Gasteiger partial charge in [-0.25, -0.2) is 18.5 Å². The van der Waals surface area contributed by atoms with Crippen molar-refractivity contribution in [2.24, 2.45) is 10.9 Å². The molecular formula is C17H18N6O4S. The van der Waals surface area contributed by atoms with Gasteiger partial charge < -0.3 is 20.4 Å². The maximum atomic E-state index is 11.8. The summed E-state index contributed by atoms with van der Waals surface area (Å²) in [7, 11) is -3.77. The molecule has 3 aromatic rings. The first kappa shape index (κ1) is 18.2. The van der Waals surface area contributed by atoms with Gasteiger partial charge in [0.15, 0.2) is 11.4 Å². The Kier molecular flexibility index (Phi) is 4.40. The second-order valence-corrected chi connectivity index (χ2v) is 8.02. The van der Waals surface area contributed by atoms with Crippen molar-refractivity contribution in [1.29, 1.82) is 0 Å². The van der Waals surface area contributed by atoms with Crippen molar-refractivity contribution in [2.75, 3.05) is 16.8 Å². The van der Waals surface area contributed by atoms with Crippen LogP contribution in [0.15, 0.2) is 45.9 Å². The lowest BCUT2D eigenvalue weighted by Gasteiger charge is -2.23. The van der Waals surface area contributed by atoms with E-state index in [0.29, 0.717) is 35.6 Å². The number of sulfonamides is 1. The van der Waals surface area contributed by atoms with Crippen LogP contribution < -0.4 is 21.1 Å². The predicted molar refractivity (Wildman–Crippen MR) is 102 cm³/mol. The Morgan fingerprint density at radius 2 is 1.96 bits per heavy atom. The average Bonchev–Trinajstić information content (AvgIpc) is 3.30. The van der Waals surface area contributed by atoms with E-state index in [1.54, 1.807) is 18.2 Å². The number of amides is 1. The molecule has 0 aliphatic carbocycles. The van der Waals surface area contributed by atoms with E-state index in [0.717, 1.165) is 6.42 Å². The van der Waals surface area contributed by atoms with Crippen LogP contribution in [0.1, 0.15) is 12.8 Å². The highest BCUT2D eigenvalue weighted by Crippen LogP contribution is 2.32. The summed E-state index contributed by atoms with van der Waals surface area (Å²) in [5.74, 6) is 0.353. The van der Waals surface area contributed by atoms with Gasteiger partial charge >= 0.3 is 0 Å². The van der Waals surface area contributed by atoms with Crippen LogP contribution in [0.5, 0.6) is 0 Å². The van der Waals surface area contributed by atoms with Gasteiger partial charge in [-0.2, -0.15) is 4.98 Å². The normalized spacial score (nSPS) is 17.2. The van der Waals surface area contributed by atoms with Gasteiger partial charge in [-0.15, -0.1) is 0 Å². The SMILES string of the molecule is NC(=O)C1CCCN1c1nc(Nc2ccc(S(N)(=O)=O)cc2)nc2ccoc12. The third kappa shape index (κ3) is 3.37. The van der Waals surface area contributed by atoms with Gasteiger partial charge in [0, 0.05) is 18.3 Å². The summed E-state index contributed by atoms with van der Waals surface area (Å²) in [5, 5.41) is 8.14. The molecule has 4 rings (SSSR count). The zero-order valence-electron chi connectivity index (χ0n) is 14.7. The second kappa shape index (κ2) is 6.77. The summed E-state index contributed by atoms with van der Waals surface area (Å²) in [4.78, 5) is 22.5. The Morgan fingerprint density at radius 1 is 1.21 bits per heavy atom. The van der Waals surface area contributed by atoms with Crippen LogP contribution >= 0.6 is 0 Å². The third-order valence-electron chi connectivity index (χ3n) is 4.58. The van der Waals surface area contributed by atoms with Crippen molar-refractivity contribution in [3.05, 3.63) is 36.6 Å². The number of nitrogens with zero attached hydrogens (tertiary/aromatic N) is 3. The van der Waals surface area contributed by atoms with E-state index in [1.165, 1.54) is 18.4 Å². The standard InChI is InChI=1S/C17H18N6O4S/c18-15(24)13-2-1-8-23(13)16-14-12(7-9-27-14)21-17(22-16)20-10-3-5-11(6-4-10)28(19,25)26/h3-7,9,13H,1-2,8H2,(H2,18,24)(H2,19,25,26)(H,20,21,22). The van der Waals surface area contributed by atoms with Crippen molar-refractivity contribution >= 4 is 44.5 Å². The first-order valence-corrected chi connectivity index (χ1v) is 10.1. The number of carbonyl (C=O) groups is 1. The van der Waals surface area contributed by atoms with E-state index in [9.17, 15) is 13.2 Å². The summed E-state index contributed by atoms with van der Waals surface area (Å²) in [6, 6.07) is 7.14. The summed E-state index contributed by atoms with van der Waals surface area (Å²) in [6.07, 6.45) is 2.97. The Balaban J connectivity index is 1.70. The molecule has 11 heteroatoms. The van der Waals surface area contributed by atoms with Crippen molar-refractivity contribution < 1.29 is 17.6 Å². The number of rotatable bonds is 5. The fourth-order valence-corrected chi connectivity index (χ4v) is 3.79. The number of benzene rings is 1. The molecule has 1 fully saturated rings. The molecule has 146 valence electrons. The predicted octanol–water partition coefficient (Wildman–Crippen LogP) is 1.07. The summed E-state index contributed by atoms with van der Waals surface area (Å²) < 4.78 is 28.3. The van der Waals surface area contributed by atoms with Crippen LogP contribution in [0.25, 0.3) is 11.1 Å². The number of primary sulfonamides is 1. The van der Waals surface area contributed by atoms with E-state index in [2.05, 4.69) is 15.3 Å². The number of anilines is 3. The third-order valence-corrected chi connectivity index (χ3v) is 5.51. The van der Waals surface area contributed by atoms with Crippen molar-refractivity contribution in [2.45, 2.75) is 23.8 Å². The van der Waals surface area contributed by atoms with Gasteiger partial charge in [0.05, 0.1) is 11.2 Å². The molecular weight excluding hydrogens is 384 g/mol. The lowest BCUT2D eigenvalue weighted by Crippen LogP contribution is -2.40. The van der Waals surface area contributed by atoms with Gasteiger partial charge in [-0.3, -0.25) is 4.79 Å². The molecule has 1 atom stereocenters. The molecule has 10 nitrogen and oxygen atoms in total. The molecule has 1 saturated heterocycles. The van der Waals surface area contributed by atoms with Crippen molar-refractivity contribution in [1.82, 2.24) is 9.97 Å². The Hall–Kier alpha value is -3.18. The lowest BCUT2D eigenvalue weighted by atomic mass is 10.2. The van der Waals surface area contributed by atoms with Crippen LogP contribution in [0.3, 0.4) is 0 Å². The number of carbonyl (C=O) groups excluding carboxylic acids is 1. The van der Waals surface area contributed by atoms with Crippen LogP contribution in [-0.2, 0) is 14.8 Å². The van der Waals surface area contributed by atoms with Gasteiger partial charge in [-0.1, -0.05) is 0 Å². The van der Waals surface area contributed by atoms with E-state index in [1.807, 2.05) is 4.90 Å². The topological polar surface area (TPSA) is 157 Å². The van der Waals surface area contributed by atoms with Gasteiger partial charge in [0.1, 0.15) is 11.6 Å². The number of fused-ring (bicyclic) bond motifs is 1. The zero-order valence-corrected chi connectivity index (χ0v) is 15.5. The highest BCUT2D eigenvalue weighted by Gasteiger charge is 2.32. The quantitative estimate of drug-likeness (QED) is 0.572. The molecule has 1 aromatic carbocycles. The minimum absolute atomic E-state index is 0.00584. The van der Waals surface area contributed by atoms with Crippen molar-refractivity contribution in [3.8, 4) is 0 Å². The number of nitrogens with one attached hydrogen (secondary N) is 1. The number of furan rings is 1. The van der Waals surface area contributed by atoms with E-state index in [4.69, 9.17) is 15.3 Å². The molecule has 1 amide bonds. The number of aromatic nitrogens is 2. The van der Waals surface area contributed by atoms with Crippen LogP contribution in [0.4, 0.5) is 17.5 Å². The minimum atomic E-state index is -3.77. The summed E-state index contributed by atoms with van der Waals surface area (Å²) >= 11 is 0. The first-order valence-electron chi connectivity index (χ1n) is 8.54. The average molecular weight is 402 g/mol. The number of hydrogen-bond donors (Lipinski definition) is 3. The number of hydrogen-bond acceptors (Lipinski definition) is 8. The molecule has 0 radical (unpaired) electrons. The molecule has 1 unspecified atom stereocenters. The van der Waals surface area contributed by atoms with E-state index < -0.39 is 22.0 Å². The van der Waals surface area contributed by atoms with Crippen LogP contribution in [0.2, 0.25) is 0 Å². The van der Waals surface area contributed by atoms with Gasteiger partial charge in [0.2, 0.25) is 21.9 Å². The molecule has 28 heavy (non-hydrogen) atoms. The smallest absolute Gasteiger partial charge is 0.240 e. The molecule has 2 aromatic heterocycles. The number of primary amides is 1. The van der Waals surface area contributed by atoms with Crippen LogP contribution in [0, 0.1) is 0 Å². The first-order chi connectivity index (χ1) is 13.3. The van der Waals surface area contributed by atoms with Crippen LogP contribution in [-0.4, -0.2) is 36.9 Å². The Labute approximate surface area is 160 Å². The summed E-state index contributed by atoms with van der Waals surface area (Å²) in [6.45, 7) is 0.628. The van der Waals surface area contributed by atoms with Crippen molar-refractivity contribution in [3.63, 3.8) is 0 Å². The second-order valence-electron chi connectivity index (χ2n) is 6.45. The highest BCUT2D eigenvalue weighted by atomic mass is 32.2. The Bertz CT molecular complexity index is 1140. The highest BCUT2D eigenvalue weighted by molar-refractivity contribution is 7.89. The van der Waals surface area contributed by atoms with E-state index >= 15 is 0 Å². The molecule has 1 aliphatic rings. The molecule has 0 bridgehead atoms. The molecule has 0 spiro atoms. The minimum Gasteiger partial charge on any atom is -0.459 e. The molecule has 0 saturated carbocycles. The fraction of sp³-hybridized carbons (Fsp3) is 0.235. The van der Waals surface area contributed by atoms with E-state index in [-0.39, 0.29) is 10.8 Å². The van der Waals surface area contributed by atoms with Gasteiger partial charge in [0.25, 0.3) is 0 Å². The zero-order chi connectivity index (χ0) is 19.9. The molecule has 3 heterocycles. The summed E-state index contributed by atoms with van der Waals surface area (Å²) in [5.41, 5.74) is 7.15. The largest absolute Gasteiger partial charge is 0.459 e. The maximum absolute atomic E-state index is 11.8. The fourth-order valence-electron chi connectivity index (χ4n) is 3.27. The molecule has 5 N–H and O–H groups in total. The number of nitrogens with two attached hydrogens (primary N) is 2. The maximum Gasteiger partial charge on any atom is 0.240 e. The Morgan fingerprint density at radius 3 is 2.64 bits per heavy atom.